The molecule has 1 atom stereocenters. The maximum atomic E-state index is 5.57. The lowest BCUT2D eigenvalue weighted by molar-refractivity contribution is 0.101. The largest absolute Gasteiger partial charge is 0.378 e. The Morgan fingerprint density at radius 2 is 2.23 bits per heavy atom. The minimum Gasteiger partial charge on any atom is -0.378 e. The molecule has 2 fully saturated rings. The van der Waals surface area contributed by atoms with E-state index in [4.69, 9.17) is 4.74 Å². The van der Waals surface area contributed by atoms with Crippen LogP contribution in [-0.4, -0.2) is 25.3 Å². The Hall–Kier alpha value is -0.0800. The molecular weight excluding hydrogens is 162 g/mol. The van der Waals surface area contributed by atoms with Crippen LogP contribution < -0.4 is 5.32 Å². The third-order valence-electron chi connectivity index (χ3n) is 3.30. The van der Waals surface area contributed by atoms with Gasteiger partial charge >= 0.3 is 0 Å². The Labute approximate surface area is 81.0 Å². The number of hydrogen-bond donors (Lipinski definition) is 1. The number of rotatable bonds is 4. The Kier molecular flexibility index (Phi) is 3.23. The highest BCUT2D eigenvalue weighted by Gasteiger charge is 2.24. The van der Waals surface area contributed by atoms with Gasteiger partial charge < -0.3 is 10.1 Å². The van der Waals surface area contributed by atoms with Crippen LogP contribution in [0.25, 0.3) is 0 Å². The average molecular weight is 183 g/mol. The Morgan fingerprint density at radius 1 is 1.38 bits per heavy atom. The summed E-state index contributed by atoms with van der Waals surface area (Å²) in [6.07, 6.45) is 7.08. The minimum atomic E-state index is 0.560. The standard InChI is InChI=1S/C11H21NO/c1-9-7-10(8-9)12-5-4-11-3-2-6-13-11/h9-12H,2-8H2,1H3. The molecule has 1 heterocycles. The van der Waals surface area contributed by atoms with E-state index in [1.165, 1.54) is 32.1 Å². The van der Waals surface area contributed by atoms with E-state index in [0.29, 0.717) is 6.10 Å². The SMILES string of the molecule is CC1CC(NCCC2CCCO2)C1. The zero-order chi connectivity index (χ0) is 9.10. The molecule has 2 heteroatoms. The van der Waals surface area contributed by atoms with Crippen LogP contribution in [0.5, 0.6) is 0 Å². The topological polar surface area (TPSA) is 21.3 Å². The summed E-state index contributed by atoms with van der Waals surface area (Å²) in [6.45, 7) is 4.48. The van der Waals surface area contributed by atoms with Gasteiger partial charge in [0.2, 0.25) is 0 Å². The highest BCUT2D eigenvalue weighted by atomic mass is 16.5. The molecule has 2 aliphatic rings. The van der Waals surface area contributed by atoms with E-state index in [0.717, 1.165) is 25.1 Å². The van der Waals surface area contributed by atoms with E-state index in [1.807, 2.05) is 0 Å². The molecule has 0 spiro atoms. The number of hydrogen-bond acceptors (Lipinski definition) is 2. The number of nitrogens with one attached hydrogen (secondary N) is 1. The fourth-order valence-electron chi connectivity index (χ4n) is 2.39. The van der Waals surface area contributed by atoms with E-state index < -0.39 is 0 Å². The molecule has 76 valence electrons. The summed E-state index contributed by atoms with van der Waals surface area (Å²) >= 11 is 0. The van der Waals surface area contributed by atoms with Crippen LogP contribution in [0.3, 0.4) is 0 Å². The van der Waals surface area contributed by atoms with Gasteiger partial charge in [0.05, 0.1) is 6.10 Å². The molecule has 1 saturated heterocycles. The lowest BCUT2D eigenvalue weighted by Gasteiger charge is -2.33. The highest BCUT2D eigenvalue weighted by molar-refractivity contribution is 4.82. The van der Waals surface area contributed by atoms with Gasteiger partial charge in [0.25, 0.3) is 0 Å². The molecule has 2 rings (SSSR count). The summed E-state index contributed by atoms with van der Waals surface area (Å²) < 4.78 is 5.57. The molecule has 1 N–H and O–H groups in total. The smallest absolute Gasteiger partial charge is 0.0588 e. The van der Waals surface area contributed by atoms with Crippen molar-refractivity contribution in [3.63, 3.8) is 0 Å². The van der Waals surface area contributed by atoms with E-state index >= 15 is 0 Å². The molecule has 0 aromatic carbocycles. The van der Waals surface area contributed by atoms with Gasteiger partial charge in [-0.05, 0) is 44.6 Å². The van der Waals surface area contributed by atoms with Crippen molar-refractivity contribution >= 4 is 0 Å². The number of ether oxygens (including phenoxy) is 1. The second kappa shape index (κ2) is 4.43. The second-order valence-corrected chi connectivity index (χ2v) is 4.65. The van der Waals surface area contributed by atoms with E-state index in [1.54, 1.807) is 0 Å². The first-order chi connectivity index (χ1) is 6.34. The van der Waals surface area contributed by atoms with Crippen LogP contribution in [0.1, 0.15) is 39.0 Å². The average Bonchev–Trinajstić information content (AvgIpc) is 2.53. The van der Waals surface area contributed by atoms with E-state index in [-0.39, 0.29) is 0 Å². The van der Waals surface area contributed by atoms with Gasteiger partial charge in [-0.25, -0.2) is 0 Å². The monoisotopic (exact) mass is 183 g/mol. The summed E-state index contributed by atoms with van der Waals surface area (Å²) in [5.74, 6) is 0.959. The molecule has 0 aromatic heterocycles. The normalized spacial score (nSPS) is 39.0. The first kappa shape index (κ1) is 9.47. The molecule has 13 heavy (non-hydrogen) atoms. The van der Waals surface area contributed by atoms with Gasteiger partial charge in [-0.1, -0.05) is 6.92 Å². The summed E-state index contributed by atoms with van der Waals surface area (Å²) in [7, 11) is 0. The Morgan fingerprint density at radius 3 is 2.85 bits per heavy atom. The minimum absolute atomic E-state index is 0.560. The fraction of sp³-hybridized carbons (Fsp3) is 1.00. The van der Waals surface area contributed by atoms with Crippen molar-refractivity contribution < 1.29 is 4.74 Å². The van der Waals surface area contributed by atoms with Crippen molar-refractivity contribution in [2.24, 2.45) is 5.92 Å². The van der Waals surface area contributed by atoms with Crippen molar-refractivity contribution in [3.05, 3.63) is 0 Å². The predicted octanol–water partition coefficient (Wildman–Crippen LogP) is 1.94. The summed E-state index contributed by atoms with van der Waals surface area (Å²) in [4.78, 5) is 0. The van der Waals surface area contributed by atoms with Crippen molar-refractivity contribution in [1.82, 2.24) is 5.32 Å². The molecule has 1 saturated carbocycles. The van der Waals surface area contributed by atoms with Crippen LogP contribution >= 0.6 is 0 Å². The maximum absolute atomic E-state index is 5.57. The molecule has 0 aromatic rings. The lowest BCUT2D eigenvalue weighted by Crippen LogP contribution is -2.41. The zero-order valence-corrected chi connectivity index (χ0v) is 8.59. The van der Waals surface area contributed by atoms with Gasteiger partial charge in [-0.3, -0.25) is 0 Å². The fourth-order valence-corrected chi connectivity index (χ4v) is 2.39. The molecule has 1 aliphatic heterocycles. The zero-order valence-electron chi connectivity index (χ0n) is 8.59. The summed E-state index contributed by atoms with van der Waals surface area (Å²) in [6, 6.07) is 0.816. The second-order valence-electron chi connectivity index (χ2n) is 4.65. The van der Waals surface area contributed by atoms with Gasteiger partial charge in [0.15, 0.2) is 0 Å². The first-order valence-corrected chi connectivity index (χ1v) is 5.69. The van der Waals surface area contributed by atoms with Crippen molar-refractivity contribution in [1.29, 1.82) is 0 Å². The van der Waals surface area contributed by atoms with Crippen LogP contribution in [0.4, 0.5) is 0 Å². The van der Waals surface area contributed by atoms with Gasteiger partial charge in [0.1, 0.15) is 0 Å². The van der Waals surface area contributed by atoms with Crippen molar-refractivity contribution in [2.75, 3.05) is 13.2 Å². The quantitative estimate of drug-likeness (QED) is 0.719. The predicted molar refractivity (Wildman–Crippen MR) is 53.8 cm³/mol. The van der Waals surface area contributed by atoms with Crippen LogP contribution in [0, 0.1) is 5.92 Å². The molecular formula is C11H21NO. The van der Waals surface area contributed by atoms with Gasteiger partial charge in [-0.2, -0.15) is 0 Å². The molecule has 1 aliphatic carbocycles. The van der Waals surface area contributed by atoms with Crippen LogP contribution in [-0.2, 0) is 4.74 Å². The van der Waals surface area contributed by atoms with E-state index in [9.17, 15) is 0 Å². The molecule has 2 nitrogen and oxygen atoms in total. The maximum Gasteiger partial charge on any atom is 0.0588 e. The third-order valence-corrected chi connectivity index (χ3v) is 3.30. The molecule has 0 radical (unpaired) electrons. The van der Waals surface area contributed by atoms with Crippen molar-refractivity contribution in [2.45, 2.75) is 51.2 Å². The third kappa shape index (κ3) is 2.68. The molecule has 0 amide bonds. The highest BCUT2D eigenvalue weighted by Crippen LogP contribution is 2.26. The summed E-state index contributed by atoms with van der Waals surface area (Å²) in [5.41, 5.74) is 0. The van der Waals surface area contributed by atoms with Gasteiger partial charge in [0, 0.05) is 12.6 Å². The Balaban J connectivity index is 1.49. The first-order valence-electron chi connectivity index (χ1n) is 5.69. The van der Waals surface area contributed by atoms with Crippen LogP contribution in [0.15, 0.2) is 0 Å². The molecule has 0 bridgehead atoms. The van der Waals surface area contributed by atoms with E-state index in [2.05, 4.69) is 12.2 Å². The van der Waals surface area contributed by atoms with Crippen LogP contribution in [0.2, 0.25) is 0 Å². The molecule has 1 unspecified atom stereocenters. The lowest BCUT2D eigenvalue weighted by atomic mass is 9.82. The Bertz CT molecular complexity index is 148. The summed E-state index contributed by atoms with van der Waals surface area (Å²) in [5, 5.41) is 3.60. The van der Waals surface area contributed by atoms with Gasteiger partial charge in [-0.15, -0.1) is 0 Å². The van der Waals surface area contributed by atoms with Crippen molar-refractivity contribution in [3.8, 4) is 0 Å².